The SMILES string of the molecule is COc1ccc(COC(=O)C2=C(C)NC3=C(C(=O)CCC3)[C@@H]2c2cccc(Cl)c2)cc1. The Kier molecular flexibility index (Phi) is 6.14. The van der Waals surface area contributed by atoms with E-state index in [4.69, 9.17) is 21.1 Å². The minimum absolute atomic E-state index is 0.0617. The lowest BCUT2D eigenvalue weighted by Crippen LogP contribution is -2.34. The number of hydrogen-bond acceptors (Lipinski definition) is 5. The number of dihydropyridines is 1. The van der Waals surface area contributed by atoms with Gasteiger partial charge in [0.1, 0.15) is 12.4 Å². The Hall–Kier alpha value is -3.05. The summed E-state index contributed by atoms with van der Waals surface area (Å²) in [7, 11) is 1.60. The van der Waals surface area contributed by atoms with Crippen LogP contribution in [0.4, 0.5) is 0 Å². The largest absolute Gasteiger partial charge is 0.497 e. The Bertz CT molecular complexity index is 1080. The van der Waals surface area contributed by atoms with Crippen LogP contribution in [-0.2, 0) is 20.9 Å². The number of benzene rings is 2. The molecule has 1 aliphatic heterocycles. The fourth-order valence-corrected chi connectivity index (χ4v) is 4.42. The molecule has 0 amide bonds. The van der Waals surface area contributed by atoms with Crippen LogP contribution in [0.2, 0.25) is 5.02 Å². The average molecular weight is 438 g/mol. The van der Waals surface area contributed by atoms with Gasteiger partial charge < -0.3 is 14.8 Å². The number of Topliss-reactive ketones (excluding diaryl/α,β-unsaturated/α-hetero) is 1. The molecule has 0 saturated heterocycles. The van der Waals surface area contributed by atoms with E-state index in [9.17, 15) is 9.59 Å². The first kappa shape index (κ1) is 21.2. The van der Waals surface area contributed by atoms with Crippen LogP contribution in [0.3, 0.4) is 0 Å². The van der Waals surface area contributed by atoms with E-state index in [0.717, 1.165) is 35.4 Å². The summed E-state index contributed by atoms with van der Waals surface area (Å²) in [6.07, 6.45) is 2.06. The van der Waals surface area contributed by atoms with E-state index in [1.807, 2.05) is 49.4 Å². The number of rotatable bonds is 5. The highest BCUT2D eigenvalue weighted by Crippen LogP contribution is 2.43. The molecule has 0 unspecified atom stereocenters. The average Bonchev–Trinajstić information content (AvgIpc) is 2.77. The normalized spacial score (nSPS) is 18.4. The maximum atomic E-state index is 13.2. The van der Waals surface area contributed by atoms with E-state index in [1.54, 1.807) is 13.2 Å². The molecule has 31 heavy (non-hydrogen) atoms. The van der Waals surface area contributed by atoms with Crippen molar-refractivity contribution in [3.8, 4) is 5.75 Å². The van der Waals surface area contributed by atoms with Gasteiger partial charge in [-0.2, -0.15) is 0 Å². The number of esters is 1. The molecule has 0 bridgehead atoms. The Morgan fingerprint density at radius 3 is 2.65 bits per heavy atom. The maximum absolute atomic E-state index is 13.2. The van der Waals surface area contributed by atoms with Crippen molar-refractivity contribution in [2.45, 2.75) is 38.7 Å². The Labute approximate surface area is 186 Å². The lowest BCUT2D eigenvalue weighted by Gasteiger charge is -2.34. The van der Waals surface area contributed by atoms with E-state index >= 15 is 0 Å². The number of nitrogens with one attached hydrogen (secondary N) is 1. The molecular weight excluding hydrogens is 414 g/mol. The van der Waals surface area contributed by atoms with E-state index in [0.29, 0.717) is 28.3 Å². The molecular formula is C25H24ClNO4. The molecule has 0 spiro atoms. The molecule has 0 aromatic heterocycles. The molecule has 1 aliphatic carbocycles. The Morgan fingerprint density at radius 1 is 1.16 bits per heavy atom. The third kappa shape index (κ3) is 4.37. The molecule has 0 saturated carbocycles. The standard InChI is InChI=1S/C25H24ClNO4/c1-15-22(25(29)31-14-16-9-11-19(30-2)12-10-16)23(17-5-3-6-18(26)13-17)24-20(27-15)7-4-8-21(24)28/h3,5-6,9-13,23,27H,4,7-8,14H2,1-2H3/t23-/m1/s1. The summed E-state index contributed by atoms with van der Waals surface area (Å²) in [5.74, 6) is -0.144. The number of ketones is 1. The van der Waals surface area contributed by atoms with E-state index in [1.165, 1.54) is 0 Å². The highest BCUT2D eigenvalue weighted by molar-refractivity contribution is 6.30. The van der Waals surface area contributed by atoms with E-state index in [-0.39, 0.29) is 12.4 Å². The highest BCUT2D eigenvalue weighted by atomic mass is 35.5. The first-order valence-corrected chi connectivity index (χ1v) is 10.6. The molecule has 2 aromatic carbocycles. The minimum atomic E-state index is -0.494. The number of halogens is 1. The quantitative estimate of drug-likeness (QED) is 0.662. The van der Waals surface area contributed by atoms with E-state index < -0.39 is 11.9 Å². The molecule has 0 fully saturated rings. The molecule has 2 aliphatic rings. The number of allylic oxidation sites excluding steroid dienone is 3. The predicted molar refractivity (Wildman–Crippen MR) is 119 cm³/mol. The Balaban J connectivity index is 1.66. The fraction of sp³-hybridized carbons (Fsp3) is 0.280. The number of methoxy groups -OCH3 is 1. The van der Waals surface area contributed by atoms with Gasteiger partial charge >= 0.3 is 5.97 Å². The lowest BCUT2D eigenvalue weighted by molar-refractivity contribution is -0.140. The number of ether oxygens (including phenoxy) is 2. The van der Waals surface area contributed by atoms with Crippen molar-refractivity contribution >= 4 is 23.4 Å². The van der Waals surface area contributed by atoms with Crippen molar-refractivity contribution in [2.24, 2.45) is 0 Å². The van der Waals surface area contributed by atoms with Gasteiger partial charge in [0.25, 0.3) is 0 Å². The summed E-state index contributed by atoms with van der Waals surface area (Å²) >= 11 is 6.25. The maximum Gasteiger partial charge on any atom is 0.337 e. The van der Waals surface area contributed by atoms with Crippen LogP contribution in [0.25, 0.3) is 0 Å². The predicted octanol–water partition coefficient (Wildman–Crippen LogP) is 5.06. The highest BCUT2D eigenvalue weighted by Gasteiger charge is 2.39. The molecule has 2 aromatic rings. The van der Waals surface area contributed by atoms with Gasteiger partial charge in [-0.05, 0) is 55.2 Å². The molecule has 1 atom stereocenters. The van der Waals surface area contributed by atoms with Gasteiger partial charge in [0.05, 0.1) is 12.7 Å². The third-order valence-corrected chi connectivity index (χ3v) is 5.94. The molecule has 1 N–H and O–H groups in total. The van der Waals surface area contributed by atoms with Gasteiger partial charge in [0.15, 0.2) is 5.78 Å². The van der Waals surface area contributed by atoms with Gasteiger partial charge in [-0.15, -0.1) is 0 Å². The van der Waals surface area contributed by atoms with Crippen LogP contribution in [0.1, 0.15) is 43.2 Å². The van der Waals surface area contributed by atoms with Gasteiger partial charge in [-0.25, -0.2) is 4.79 Å². The lowest BCUT2D eigenvalue weighted by atomic mass is 9.75. The van der Waals surface area contributed by atoms with Gasteiger partial charge in [0.2, 0.25) is 0 Å². The zero-order chi connectivity index (χ0) is 22.0. The van der Waals surface area contributed by atoms with Crippen molar-refractivity contribution in [1.82, 2.24) is 5.32 Å². The summed E-state index contributed by atoms with van der Waals surface area (Å²) in [5.41, 5.74) is 4.36. The summed E-state index contributed by atoms with van der Waals surface area (Å²) < 4.78 is 10.8. The van der Waals surface area contributed by atoms with Crippen molar-refractivity contribution in [3.05, 3.63) is 87.2 Å². The van der Waals surface area contributed by atoms with Crippen molar-refractivity contribution in [1.29, 1.82) is 0 Å². The van der Waals surface area contributed by atoms with Crippen LogP contribution in [-0.4, -0.2) is 18.9 Å². The van der Waals surface area contributed by atoms with Crippen molar-refractivity contribution < 1.29 is 19.1 Å². The third-order valence-electron chi connectivity index (χ3n) is 5.71. The molecule has 1 heterocycles. The van der Waals surface area contributed by atoms with Gasteiger partial charge in [-0.3, -0.25) is 4.79 Å². The topological polar surface area (TPSA) is 64.6 Å². The second kappa shape index (κ2) is 8.98. The smallest absolute Gasteiger partial charge is 0.337 e. The molecule has 0 radical (unpaired) electrons. The van der Waals surface area contributed by atoms with Crippen LogP contribution >= 0.6 is 11.6 Å². The zero-order valence-corrected chi connectivity index (χ0v) is 18.3. The van der Waals surface area contributed by atoms with Crippen LogP contribution in [0.15, 0.2) is 71.1 Å². The van der Waals surface area contributed by atoms with Crippen LogP contribution in [0.5, 0.6) is 5.75 Å². The van der Waals surface area contributed by atoms with Gasteiger partial charge in [0, 0.05) is 34.3 Å². The van der Waals surface area contributed by atoms with Gasteiger partial charge in [-0.1, -0.05) is 35.9 Å². The summed E-state index contributed by atoms with van der Waals surface area (Å²) in [4.78, 5) is 26.1. The second-order valence-electron chi connectivity index (χ2n) is 7.74. The Morgan fingerprint density at radius 2 is 1.94 bits per heavy atom. The summed E-state index contributed by atoms with van der Waals surface area (Å²) in [5, 5.41) is 3.86. The number of hydrogen-bond donors (Lipinski definition) is 1. The summed E-state index contributed by atoms with van der Waals surface area (Å²) in [6.45, 7) is 1.98. The summed E-state index contributed by atoms with van der Waals surface area (Å²) in [6, 6.07) is 14.7. The minimum Gasteiger partial charge on any atom is -0.497 e. The molecule has 6 heteroatoms. The first-order valence-electron chi connectivity index (χ1n) is 10.3. The van der Waals surface area contributed by atoms with Crippen molar-refractivity contribution in [3.63, 3.8) is 0 Å². The second-order valence-corrected chi connectivity index (χ2v) is 8.18. The van der Waals surface area contributed by atoms with Crippen LogP contribution < -0.4 is 10.1 Å². The zero-order valence-electron chi connectivity index (χ0n) is 17.5. The molecule has 5 nitrogen and oxygen atoms in total. The van der Waals surface area contributed by atoms with Crippen molar-refractivity contribution in [2.75, 3.05) is 7.11 Å². The first-order chi connectivity index (χ1) is 15.0. The molecule has 160 valence electrons. The monoisotopic (exact) mass is 437 g/mol. The van der Waals surface area contributed by atoms with Crippen LogP contribution in [0, 0.1) is 0 Å². The van der Waals surface area contributed by atoms with E-state index in [2.05, 4.69) is 5.32 Å². The number of carbonyl (C=O) groups excluding carboxylic acids is 2. The fourth-order valence-electron chi connectivity index (χ4n) is 4.22. The molecule has 4 rings (SSSR count). The number of carbonyl (C=O) groups is 2.